The molecule has 0 aliphatic carbocycles. The number of aryl methyl sites for hydroxylation is 1. The molecule has 0 aromatic heterocycles. The molecule has 1 saturated heterocycles. The van der Waals surface area contributed by atoms with E-state index in [1.807, 2.05) is 12.1 Å². The lowest BCUT2D eigenvalue weighted by atomic mass is 10.0. The van der Waals surface area contributed by atoms with Crippen LogP contribution < -0.4 is 10.6 Å². The average Bonchev–Trinajstić information content (AvgIpc) is 2.53. The molecule has 0 atom stereocenters. The number of benzene rings is 1. The summed E-state index contributed by atoms with van der Waals surface area (Å²) in [5.41, 5.74) is 2.26. The molecular weight excluding hydrogens is 278 g/mol. The van der Waals surface area contributed by atoms with E-state index < -0.39 is 0 Å². The molecule has 1 aliphatic heterocycles. The Labute approximate surface area is 133 Å². The molecule has 5 heteroatoms. The molecule has 2 amide bonds. The molecule has 1 heterocycles. The van der Waals surface area contributed by atoms with E-state index >= 15 is 0 Å². The van der Waals surface area contributed by atoms with E-state index in [1.54, 1.807) is 0 Å². The number of amides is 2. The first-order valence-corrected chi connectivity index (χ1v) is 7.87. The largest absolute Gasteiger partial charge is 0.379 e. The zero-order chi connectivity index (χ0) is 16.0. The molecule has 0 saturated carbocycles. The second-order valence-electron chi connectivity index (χ2n) is 6.43. The topological polar surface area (TPSA) is 53.6 Å². The number of ether oxygens (including phenoxy) is 1. The van der Waals surface area contributed by atoms with Crippen molar-refractivity contribution in [3.05, 3.63) is 35.4 Å². The SMILES string of the molecule is Cc1ccc(CNC(=O)NCC(C)(C)N2CCOCC2)cc1. The van der Waals surface area contributed by atoms with Crippen molar-refractivity contribution in [2.45, 2.75) is 32.9 Å². The molecule has 0 bridgehead atoms. The van der Waals surface area contributed by atoms with Crippen LogP contribution in [0.5, 0.6) is 0 Å². The van der Waals surface area contributed by atoms with Crippen molar-refractivity contribution in [3.63, 3.8) is 0 Å². The van der Waals surface area contributed by atoms with Crippen LogP contribution in [0.3, 0.4) is 0 Å². The highest BCUT2D eigenvalue weighted by Gasteiger charge is 2.28. The third-order valence-corrected chi connectivity index (χ3v) is 4.12. The monoisotopic (exact) mass is 305 g/mol. The van der Waals surface area contributed by atoms with Crippen LogP contribution >= 0.6 is 0 Å². The predicted molar refractivity (Wildman–Crippen MR) is 87.9 cm³/mol. The quantitative estimate of drug-likeness (QED) is 0.874. The highest BCUT2D eigenvalue weighted by atomic mass is 16.5. The minimum Gasteiger partial charge on any atom is -0.379 e. The number of nitrogens with one attached hydrogen (secondary N) is 2. The number of carbonyl (C=O) groups is 1. The molecule has 1 aliphatic rings. The van der Waals surface area contributed by atoms with E-state index in [-0.39, 0.29) is 11.6 Å². The van der Waals surface area contributed by atoms with E-state index in [9.17, 15) is 4.79 Å². The van der Waals surface area contributed by atoms with Gasteiger partial charge in [0, 0.05) is 31.7 Å². The Bertz CT molecular complexity index is 479. The van der Waals surface area contributed by atoms with Gasteiger partial charge in [-0.25, -0.2) is 4.79 Å². The van der Waals surface area contributed by atoms with Crippen molar-refractivity contribution in [2.75, 3.05) is 32.8 Å². The maximum Gasteiger partial charge on any atom is 0.315 e. The van der Waals surface area contributed by atoms with Crippen LogP contribution in [-0.4, -0.2) is 49.3 Å². The molecule has 122 valence electrons. The van der Waals surface area contributed by atoms with Crippen LogP contribution in [0.25, 0.3) is 0 Å². The summed E-state index contributed by atoms with van der Waals surface area (Å²) in [7, 11) is 0. The number of urea groups is 1. The summed E-state index contributed by atoms with van der Waals surface area (Å²) in [5, 5.41) is 5.87. The summed E-state index contributed by atoms with van der Waals surface area (Å²) in [4.78, 5) is 14.3. The average molecular weight is 305 g/mol. The van der Waals surface area contributed by atoms with Gasteiger partial charge in [-0.05, 0) is 26.3 Å². The van der Waals surface area contributed by atoms with Gasteiger partial charge in [0.25, 0.3) is 0 Å². The van der Waals surface area contributed by atoms with Gasteiger partial charge in [0.2, 0.25) is 0 Å². The highest BCUT2D eigenvalue weighted by Crippen LogP contribution is 2.14. The molecule has 1 fully saturated rings. The van der Waals surface area contributed by atoms with Gasteiger partial charge in [0.15, 0.2) is 0 Å². The Kier molecular flexibility index (Phi) is 5.80. The highest BCUT2D eigenvalue weighted by molar-refractivity contribution is 5.73. The van der Waals surface area contributed by atoms with Gasteiger partial charge in [0.05, 0.1) is 13.2 Å². The van der Waals surface area contributed by atoms with Crippen LogP contribution in [0, 0.1) is 6.92 Å². The minimum absolute atomic E-state index is 0.0645. The summed E-state index contributed by atoms with van der Waals surface area (Å²) in [6.45, 7) is 10.9. The normalized spacial score (nSPS) is 16.3. The van der Waals surface area contributed by atoms with E-state index in [2.05, 4.69) is 48.4 Å². The fraction of sp³-hybridized carbons (Fsp3) is 0.588. The summed E-state index contributed by atoms with van der Waals surface area (Å²) in [5.74, 6) is 0. The fourth-order valence-corrected chi connectivity index (χ4v) is 2.53. The smallest absolute Gasteiger partial charge is 0.315 e. The lowest BCUT2D eigenvalue weighted by Gasteiger charge is -2.40. The van der Waals surface area contributed by atoms with E-state index in [0.29, 0.717) is 13.1 Å². The Morgan fingerprint density at radius 1 is 1.18 bits per heavy atom. The molecule has 2 N–H and O–H groups in total. The number of nitrogens with zero attached hydrogens (tertiary/aromatic N) is 1. The number of morpholine rings is 1. The first-order chi connectivity index (χ1) is 10.5. The fourth-order valence-electron chi connectivity index (χ4n) is 2.53. The second-order valence-corrected chi connectivity index (χ2v) is 6.43. The van der Waals surface area contributed by atoms with Crippen LogP contribution in [0.1, 0.15) is 25.0 Å². The molecule has 1 aromatic carbocycles. The van der Waals surface area contributed by atoms with Gasteiger partial charge in [0.1, 0.15) is 0 Å². The summed E-state index contributed by atoms with van der Waals surface area (Å²) < 4.78 is 5.38. The zero-order valence-corrected chi connectivity index (χ0v) is 13.8. The summed E-state index contributed by atoms with van der Waals surface area (Å²) >= 11 is 0. The van der Waals surface area contributed by atoms with Gasteiger partial charge < -0.3 is 15.4 Å². The Morgan fingerprint density at radius 3 is 2.45 bits per heavy atom. The molecular formula is C17H27N3O2. The lowest BCUT2D eigenvalue weighted by molar-refractivity contribution is -0.00874. The molecule has 5 nitrogen and oxygen atoms in total. The van der Waals surface area contributed by atoms with Gasteiger partial charge in [-0.2, -0.15) is 0 Å². The maximum atomic E-state index is 11.9. The van der Waals surface area contributed by atoms with E-state index in [1.165, 1.54) is 5.56 Å². The summed E-state index contributed by atoms with van der Waals surface area (Å²) in [6.07, 6.45) is 0. The Balaban J connectivity index is 1.73. The van der Waals surface area contributed by atoms with Crippen molar-refractivity contribution in [1.29, 1.82) is 0 Å². The van der Waals surface area contributed by atoms with Gasteiger partial charge in [-0.1, -0.05) is 29.8 Å². The van der Waals surface area contributed by atoms with Crippen molar-refractivity contribution in [2.24, 2.45) is 0 Å². The Hall–Kier alpha value is -1.59. The number of hydrogen-bond donors (Lipinski definition) is 2. The molecule has 2 rings (SSSR count). The standard InChI is InChI=1S/C17H27N3O2/c1-14-4-6-15(7-5-14)12-18-16(21)19-13-17(2,3)20-8-10-22-11-9-20/h4-7H,8-13H2,1-3H3,(H2,18,19,21). The van der Waals surface area contributed by atoms with Gasteiger partial charge >= 0.3 is 6.03 Å². The predicted octanol–water partition coefficient (Wildman–Crippen LogP) is 1.91. The first-order valence-electron chi connectivity index (χ1n) is 7.87. The second kappa shape index (κ2) is 7.61. The van der Waals surface area contributed by atoms with E-state index in [4.69, 9.17) is 4.74 Å². The molecule has 0 spiro atoms. The van der Waals surface area contributed by atoms with Crippen molar-refractivity contribution in [1.82, 2.24) is 15.5 Å². The third-order valence-electron chi connectivity index (χ3n) is 4.12. The number of hydrogen-bond acceptors (Lipinski definition) is 3. The minimum atomic E-state index is -0.123. The van der Waals surface area contributed by atoms with Crippen LogP contribution in [0.4, 0.5) is 4.79 Å². The summed E-state index contributed by atoms with van der Waals surface area (Å²) in [6, 6.07) is 8.05. The van der Waals surface area contributed by atoms with Gasteiger partial charge in [-0.15, -0.1) is 0 Å². The molecule has 0 radical (unpaired) electrons. The van der Waals surface area contributed by atoms with E-state index in [0.717, 1.165) is 31.9 Å². The maximum absolute atomic E-state index is 11.9. The van der Waals surface area contributed by atoms with Crippen molar-refractivity contribution in [3.8, 4) is 0 Å². The lowest BCUT2D eigenvalue weighted by Crippen LogP contribution is -2.56. The number of carbonyl (C=O) groups excluding carboxylic acids is 1. The van der Waals surface area contributed by atoms with Crippen LogP contribution in [-0.2, 0) is 11.3 Å². The molecule has 0 unspecified atom stereocenters. The van der Waals surface area contributed by atoms with Crippen molar-refractivity contribution >= 4 is 6.03 Å². The first kappa shape index (κ1) is 16.8. The zero-order valence-electron chi connectivity index (χ0n) is 13.8. The van der Waals surface area contributed by atoms with Crippen molar-refractivity contribution < 1.29 is 9.53 Å². The number of rotatable bonds is 5. The van der Waals surface area contributed by atoms with Crippen LogP contribution in [0.15, 0.2) is 24.3 Å². The molecule has 22 heavy (non-hydrogen) atoms. The Morgan fingerprint density at radius 2 is 1.82 bits per heavy atom. The third kappa shape index (κ3) is 5.00. The van der Waals surface area contributed by atoms with Gasteiger partial charge in [-0.3, -0.25) is 4.90 Å². The van der Waals surface area contributed by atoms with Crippen LogP contribution in [0.2, 0.25) is 0 Å². The molecule has 1 aromatic rings.